The van der Waals surface area contributed by atoms with Crippen molar-refractivity contribution in [2.45, 2.75) is 25.8 Å². The topological polar surface area (TPSA) is 29.3 Å². The lowest BCUT2D eigenvalue weighted by molar-refractivity contribution is 0.252. The molecule has 2 aromatic rings. The predicted molar refractivity (Wildman–Crippen MR) is 93.6 cm³/mol. The largest absolute Gasteiger partial charge is 0.330 e. The van der Waals surface area contributed by atoms with E-state index >= 15 is 0 Å². The minimum Gasteiger partial charge on any atom is -0.330 e. The Balaban J connectivity index is 0.000001000. The monoisotopic (exact) mass is 332 g/mol. The van der Waals surface area contributed by atoms with Crippen LogP contribution in [-0.4, -0.2) is 24.5 Å². The first-order valence-electron chi connectivity index (χ1n) is 6.80. The number of thiophene rings is 1. The molecular formula is C15H22Cl2N2S. The van der Waals surface area contributed by atoms with Crippen LogP contribution in [-0.2, 0) is 13.0 Å². The van der Waals surface area contributed by atoms with Crippen molar-refractivity contribution in [3.8, 4) is 0 Å². The van der Waals surface area contributed by atoms with Gasteiger partial charge in [0, 0.05) is 22.7 Å². The van der Waals surface area contributed by atoms with Crippen molar-refractivity contribution in [3.63, 3.8) is 0 Å². The summed E-state index contributed by atoms with van der Waals surface area (Å²) in [7, 11) is 0. The van der Waals surface area contributed by atoms with Crippen LogP contribution in [0, 0.1) is 0 Å². The van der Waals surface area contributed by atoms with Crippen LogP contribution in [0.5, 0.6) is 0 Å². The summed E-state index contributed by atoms with van der Waals surface area (Å²) in [6.45, 7) is 4.36. The van der Waals surface area contributed by atoms with Gasteiger partial charge in [-0.15, -0.1) is 36.2 Å². The molecular weight excluding hydrogens is 311 g/mol. The van der Waals surface area contributed by atoms with E-state index in [0.29, 0.717) is 0 Å². The number of nitrogens with two attached hydrogens (primary N) is 1. The second-order valence-corrected chi connectivity index (χ2v) is 6.16. The highest BCUT2D eigenvalue weighted by molar-refractivity contribution is 7.19. The van der Waals surface area contributed by atoms with Crippen LogP contribution >= 0.6 is 36.2 Å². The molecule has 1 aromatic heterocycles. The number of unbranched alkanes of at least 4 members (excludes halogenated alkanes) is 1. The lowest BCUT2D eigenvalue weighted by Gasteiger charge is -2.26. The Kier molecular flexibility index (Phi) is 7.27. The second kappa shape index (κ2) is 8.20. The number of hydrogen-bond acceptors (Lipinski definition) is 3. The Morgan fingerprint density at radius 3 is 2.75 bits per heavy atom. The number of nitrogens with zero attached hydrogens (tertiary/aromatic N) is 1. The standard InChI is InChI=1S/C15H20N2S.2ClH/c16-8-3-4-9-17-10-7-15-13(11-17)12-5-1-2-6-14(12)18-15;;/h1-2,5-6H,3-4,7-11,16H2;2*1H. The number of hydrogen-bond donors (Lipinski definition) is 1. The van der Waals surface area contributed by atoms with Gasteiger partial charge < -0.3 is 5.73 Å². The van der Waals surface area contributed by atoms with Crippen molar-refractivity contribution in [2.24, 2.45) is 5.73 Å². The minimum absolute atomic E-state index is 0. The van der Waals surface area contributed by atoms with Crippen molar-refractivity contribution in [1.29, 1.82) is 0 Å². The summed E-state index contributed by atoms with van der Waals surface area (Å²) in [4.78, 5) is 4.18. The van der Waals surface area contributed by atoms with Crippen LogP contribution in [0.15, 0.2) is 24.3 Å². The van der Waals surface area contributed by atoms with Gasteiger partial charge in [-0.05, 0) is 49.4 Å². The second-order valence-electron chi connectivity index (χ2n) is 5.02. The van der Waals surface area contributed by atoms with Crippen LogP contribution in [0.4, 0.5) is 0 Å². The van der Waals surface area contributed by atoms with Gasteiger partial charge in [0.25, 0.3) is 0 Å². The molecule has 0 radical (unpaired) electrons. The molecule has 3 rings (SSSR count). The zero-order valence-corrected chi connectivity index (χ0v) is 14.0. The molecule has 0 spiro atoms. The smallest absolute Gasteiger partial charge is 0.0349 e. The summed E-state index contributed by atoms with van der Waals surface area (Å²) in [5, 5.41) is 1.47. The molecule has 0 saturated carbocycles. The van der Waals surface area contributed by atoms with E-state index in [9.17, 15) is 0 Å². The first-order valence-corrected chi connectivity index (χ1v) is 7.62. The molecule has 0 bridgehead atoms. The average Bonchev–Trinajstić information content (AvgIpc) is 2.77. The van der Waals surface area contributed by atoms with Gasteiger partial charge in [-0.25, -0.2) is 0 Å². The Bertz CT molecular complexity index is 542. The summed E-state index contributed by atoms with van der Waals surface area (Å²) in [6, 6.07) is 8.82. The molecule has 0 saturated heterocycles. The summed E-state index contributed by atoms with van der Waals surface area (Å²) in [5.74, 6) is 0. The number of benzene rings is 1. The molecule has 1 aliphatic rings. The molecule has 1 aromatic carbocycles. The van der Waals surface area contributed by atoms with Crippen molar-refractivity contribution in [3.05, 3.63) is 34.7 Å². The van der Waals surface area contributed by atoms with Gasteiger partial charge in [0.1, 0.15) is 0 Å². The molecule has 112 valence electrons. The van der Waals surface area contributed by atoms with Crippen LogP contribution < -0.4 is 5.73 Å². The fourth-order valence-electron chi connectivity index (χ4n) is 2.76. The summed E-state index contributed by atoms with van der Waals surface area (Å²) in [5.41, 5.74) is 7.14. The quantitative estimate of drug-likeness (QED) is 0.862. The maximum Gasteiger partial charge on any atom is 0.0349 e. The van der Waals surface area contributed by atoms with E-state index < -0.39 is 0 Å². The molecule has 20 heavy (non-hydrogen) atoms. The molecule has 0 atom stereocenters. The Morgan fingerprint density at radius 2 is 1.95 bits per heavy atom. The van der Waals surface area contributed by atoms with Gasteiger partial charge in [-0.2, -0.15) is 0 Å². The fraction of sp³-hybridized carbons (Fsp3) is 0.467. The van der Waals surface area contributed by atoms with Gasteiger partial charge in [0.05, 0.1) is 0 Å². The van der Waals surface area contributed by atoms with Crippen molar-refractivity contribution < 1.29 is 0 Å². The highest BCUT2D eigenvalue weighted by Gasteiger charge is 2.20. The fourth-order valence-corrected chi connectivity index (χ4v) is 3.96. The summed E-state index contributed by atoms with van der Waals surface area (Å²) < 4.78 is 1.45. The zero-order chi connectivity index (χ0) is 12.4. The number of fused-ring (bicyclic) bond motifs is 3. The molecule has 2 N–H and O–H groups in total. The first kappa shape index (κ1) is 17.7. The van der Waals surface area contributed by atoms with E-state index in [-0.39, 0.29) is 24.8 Å². The van der Waals surface area contributed by atoms with E-state index in [1.807, 2.05) is 11.3 Å². The van der Waals surface area contributed by atoms with E-state index in [1.54, 1.807) is 10.4 Å². The van der Waals surface area contributed by atoms with Gasteiger partial charge in [-0.1, -0.05) is 18.2 Å². The molecule has 1 aliphatic heterocycles. The van der Waals surface area contributed by atoms with Crippen LogP contribution in [0.25, 0.3) is 10.1 Å². The third-order valence-corrected chi connectivity index (χ3v) is 5.02. The number of rotatable bonds is 4. The highest BCUT2D eigenvalue weighted by Crippen LogP contribution is 2.34. The Morgan fingerprint density at radius 1 is 1.15 bits per heavy atom. The van der Waals surface area contributed by atoms with Crippen molar-refractivity contribution in [1.82, 2.24) is 4.90 Å². The van der Waals surface area contributed by atoms with E-state index in [4.69, 9.17) is 5.73 Å². The molecule has 0 amide bonds. The lowest BCUT2D eigenvalue weighted by atomic mass is 10.0. The SMILES string of the molecule is Cl.Cl.NCCCCN1CCc2sc3ccccc3c2C1. The molecule has 2 heterocycles. The lowest BCUT2D eigenvalue weighted by Crippen LogP contribution is -2.30. The van der Waals surface area contributed by atoms with Gasteiger partial charge in [-0.3, -0.25) is 4.90 Å². The highest BCUT2D eigenvalue weighted by atomic mass is 35.5. The normalized spacial score (nSPS) is 14.4. The van der Waals surface area contributed by atoms with E-state index in [0.717, 1.165) is 19.5 Å². The number of halogens is 2. The van der Waals surface area contributed by atoms with Gasteiger partial charge in [0.2, 0.25) is 0 Å². The molecule has 2 nitrogen and oxygen atoms in total. The van der Waals surface area contributed by atoms with Gasteiger partial charge in [0.15, 0.2) is 0 Å². The third kappa shape index (κ3) is 3.66. The zero-order valence-electron chi connectivity index (χ0n) is 11.5. The van der Waals surface area contributed by atoms with Gasteiger partial charge >= 0.3 is 0 Å². The Hall–Kier alpha value is -0.320. The summed E-state index contributed by atoms with van der Waals surface area (Å²) >= 11 is 1.98. The maximum atomic E-state index is 5.56. The molecule has 5 heteroatoms. The Labute approximate surface area is 137 Å². The van der Waals surface area contributed by atoms with Crippen LogP contribution in [0.3, 0.4) is 0 Å². The predicted octanol–water partition coefficient (Wildman–Crippen LogP) is 3.84. The van der Waals surface area contributed by atoms with Crippen molar-refractivity contribution >= 4 is 46.2 Å². The molecule has 0 aliphatic carbocycles. The van der Waals surface area contributed by atoms with E-state index in [2.05, 4.69) is 29.2 Å². The summed E-state index contributed by atoms with van der Waals surface area (Å²) in [6.07, 6.45) is 3.60. The maximum absolute atomic E-state index is 5.56. The van der Waals surface area contributed by atoms with E-state index in [1.165, 1.54) is 36.0 Å². The third-order valence-electron chi connectivity index (χ3n) is 3.75. The minimum atomic E-state index is 0. The first-order chi connectivity index (χ1) is 8.88. The van der Waals surface area contributed by atoms with Crippen molar-refractivity contribution in [2.75, 3.05) is 19.6 Å². The molecule has 0 fully saturated rings. The average molecular weight is 333 g/mol. The van der Waals surface area contributed by atoms with Crippen LogP contribution in [0.2, 0.25) is 0 Å². The molecule has 0 unspecified atom stereocenters. The van der Waals surface area contributed by atoms with Crippen LogP contribution in [0.1, 0.15) is 23.3 Å².